The molecule has 0 saturated heterocycles. The first-order chi connectivity index (χ1) is 10.1. The second kappa shape index (κ2) is 5.29. The molecule has 0 spiro atoms. The summed E-state index contributed by atoms with van der Waals surface area (Å²) in [5.41, 5.74) is 10.1. The van der Waals surface area contributed by atoms with Crippen LogP contribution in [0.25, 0.3) is 16.9 Å². The van der Waals surface area contributed by atoms with Crippen LogP contribution >= 0.6 is 0 Å². The fourth-order valence-electron chi connectivity index (χ4n) is 2.63. The zero-order valence-electron chi connectivity index (χ0n) is 12.6. The molecule has 110 valence electrons. The van der Waals surface area contributed by atoms with Gasteiger partial charge in [0.1, 0.15) is 5.52 Å². The normalized spacial score (nSPS) is 13.0. The lowest BCUT2D eigenvalue weighted by atomic mass is 10.0. The third kappa shape index (κ3) is 2.31. The lowest BCUT2D eigenvalue weighted by Gasteiger charge is -2.11. The predicted molar refractivity (Wildman–Crippen MR) is 82.3 cm³/mol. The number of para-hydroxylation sites is 1. The van der Waals surface area contributed by atoms with Gasteiger partial charge in [0.05, 0.1) is 11.2 Å². The van der Waals surface area contributed by atoms with Crippen molar-refractivity contribution in [1.29, 1.82) is 0 Å². The van der Waals surface area contributed by atoms with E-state index < -0.39 is 0 Å². The smallest absolute Gasteiger partial charge is 0.157 e. The van der Waals surface area contributed by atoms with Gasteiger partial charge in [-0.15, -0.1) is 5.10 Å². The molecule has 0 aliphatic heterocycles. The van der Waals surface area contributed by atoms with E-state index in [2.05, 4.69) is 22.3 Å². The van der Waals surface area contributed by atoms with Crippen LogP contribution in [-0.4, -0.2) is 30.8 Å². The lowest BCUT2D eigenvalue weighted by Crippen LogP contribution is -2.22. The largest absolute Gasteiger partial charge is 0.327 e. The summed E-state index contributed by atoms with van der Waals surface area (Å²) in [5.74, 6) is 0.949. The van der Waals surface area contributed by atoms with E-state index >= 15 is 0 Å². The van der Waals surface area contributed by atoms with Crippen LogP contribution in [0.15, 0.2) is 24.3 Å². The molecule has 3 aromatic rings. The number of benzene rings is 1. The number of aryl methyl sites for hydroxylation is 2. The highest BCUT2D eigenvalue weighted by Crippen LogP contribution is 2.22. The Morgan fingerprint density at radius 2 is 2.05 bits per heavy atom. The molecule has 6 heteroatoms. The van der Waals surface area contributed by atoms with Crippen LogP contribution in [0.4, 0.5) is 0 Å². The van der Waals surface area contributed by atoms with Crippen molar-refractivity contribution in [2.75, 3.05) is 0 Å². The van der Waals surface area contributed by atoms with Crippen LogP contribution in [0.1, 0.15) is 24.6 Å². The quantitative estimate of drug-likeness (QED) is 0.792. The molecular formula is C15H20N6. The maximum Gasteiger partial charge on any atom is 0.157 e. The van der Waals surface area contributed by atoms with Crippen molar-refractivity contribution in [2.24, 2.45) is 12.8 Å². The van der Waals surface area contributed by atoms with E-state index in [1.807, 2.05) is 47.6 Å². The van der Waals surface area contributed by atoms with Gasteiger partial charge >= 0.3 is 0 Å². The van der Waals surface area contributed by atoms with E-state index in [9.17, 15) is 0 Å². The Bertz CT molecular complexity index is 770. The zero-order chi connectivity index (χ0) is 15.0. The molecule has 0 bridgehead atoms. The fourth-order valence-corrected chi connectivity index (χ4v) is 2.63. The Hall–Kier alpha value is -2.21. The SMILES string of the molecule is CCC(N)Cc1c(C)nn(C)c1-n1nnc2ccccc21. The Kier molecular flexibility index (Phi) is 3.47. The van der Waals surface area contributed by atoms with Crippen LogP contribution in [0.5, 0.6) is 0 Å². The number of rotatable bonds is 4. The average molecular weight is 284 g/mol. The van der Waals surface area contributed by atoms with Gasteiger partial charge in [-0.3, -0.25) is 4.68 Å². The van der Waals surface area contributed by atoms with Crippen molar-refractivity contribution in [3.63, 3.8) is 0 Å². The van der Waals surface area contributed by atoms with Gasteiger partial charge in [-0.25, -0.2) is 0 Å². The minimum atomic E-state index is 0.126. The van der Waals surface area contributed by atoms with Gasteiger partial charge in [-0.05, 0) is 31.9 Å². The molecule has 1 aromatic carbocycles. The minimum absolute atomic E-state index is 0.126. The Morgan fingerprint density at radius 3 is 2.81 bits per heavy atom. The Morgan fingerprint density at radius 1 is 1.29 bits per heavy atom. The molecule has 2 heterocycles. The van der Waals surface area contributed by atoms with E-state index in [1.165, 1.54) is 0 Å². The summed E-state index contributed by atoms with van der Waals surface area (Å²) < 4.78 is 3.71. The molecule has 0 radical (unpaired) electrons. The van der Waals surface area contributed by atoms with Crippen molar-refractivity contribution in [2.45, 2.75) is 32.7 Å². The molecule has 0 saturated carbocycles. The van der Waals surface area contributed by atoms with Gasteiger partial charge in [0.15, 0.2) is 5.82 Å². The first kappa shape index (κ1) is 13.8. The first-order valence-corrected chi connectivity index (χ1v) is 7.20. The topological polar surface area (TPSA) is 74.5 Å². The summed E-state index contributed by atoms with van der Waals surface area (Å²) in [5, 5.41) is 13.1. The van der Waals surface area contributed by atoms with E-state index in [0.717, 1.165) is 41.0 Å². The molecule has 0 fully saturated rings. The van der Waals surface area contributed by atoms with Crippen molar-refractivity contribution in [1.82, 2.24) is 24.8 Å². The van der Waals surface area contributed by atoms with Crippen molar-refractivity contribution >= 4 is 11.0 Å². The number of nitrogens with zero attached hydrogens (tertiary/aromatic N) is 5. The molecule has 0 amide bonds. The maximum atomic E-state index is 6.14. The van der Waals surface area contributed by atoms with Crippen molar-refractivity contribution in [3.05, 3.63) is 35.5 Å². The molecular weight excluding hydrogens is 264 g/mol. The molecule has 6 nitrogen and oxygen atoms in total. The molecule has 2 aromatic heterocycles. The predicted octanol–water partition coefficient (Wildman–Crippen LogP) is 1.74. The second-order valence-electron chi connectivity index (χ2n) is 5.37. The number of aromatic nitrogens is 5. The van der Waals surface area contributed by atoms with Gasteiger partial charge in [-0.2, -0.15) is 9.78 Å². The van der Waals surface area contributed by atoms with Gasteiger partial charge < -0.3 is 5.73 Å². The average Bonchev–Trinajstić information content (AvgIpc) is 3.00. The fraction of sp³-hybridized carbons (Fsp3) is 0.400. The summed E-state index contributed by atoms with van der Waals surface area (Å²) in [7, 11) is 1.93. The molecule has 2 N–H and O–H groups in total. The monoisotopic (exact) mass is 284 g/mol. The Labute approximate surface area is 123 Å². The highest BCUT2D eigenvalue weighted by Gasteiger charge is 2.19. The number of hydrogen-bond donors (Lipinski definition) is 1. The molecule has 3 rings (SSSR count). The van der Waals surface area contributed by atoms with Gasteiger partial charge in [0.25, 0.3) is 0 Å². The van der Waals surface area contributed by atoms with Crippen molar-refractivity contribution in [3.8, 4) is 5.82 Å². The number of nitrogens with two attached hydrogens (primary N) is 1. The molecule has 1 unspecified atom stereocenters. The third-order valence-electron chi connectivity index (χ3n) is 3.86. The number of fused-ring (bicyclic) bond motifs is 1. The van der Waals surface area contributed by atoms with E-state index in [0.29, 0.717) is 0 Å². The lowest BCUT2D eigenvalue weighted by molar-refractivity contribution is 0.635. The van der Waals surface area contributed by atoms with Crippen LogP contribution in [0.2, 0.25) is 0 Å². The Balaban J connectivity index is 2.17. The third-order valence-corrected chi connectivity index (χ3v) is 3.86. The van der Waals surface area contributed by atoms with E-state index in [-0.39, 0.29) is 6.04 Å². The van der Waals surface area contributed by atoms with Crippen LogP contribution in [-0.2, 0) is 13.5 Å². The van der Waals surface area contributed by atoms with Gasteiger partial charge in [0.2, 0.25) is 0 Å². The first-order valence-electron chi connectivity index (χ1n) is 7.20. The molecule has 0 aliphatic rings. The second-order valence-corrected chi connectivity index (χ2v) is 5.37. The summed E-state index contributed by atoms with van der Waals surface area (Å²) in [4.78, 5) is 0. The molecule has 0 aliphatic carbocycles. The minimum Gasteiger partial charge on any atom is -0.327 e. The highest BCUT2D eigenvalue weighted by atomic mass is 15.5. The van der Waals surface area contributed by atoms with Crippen LogP contribution < -0.4 is 5.73 Å². The van der Waals surface area contributed by atoms with E-state index in [4.69, 9.17) is 5.73 Å². The molecule has 21 heavy (non-hydrogen) atoms. The number of hydrogen-bond acceptors (Lipinski definition) is 4. The standard InChI is InChI=1S/C15H20N6/c1-4-11(16)9-12-10(2)18-20(3)15(12)21-14-8-6-5-7-13(14)17-19-21/h5-8,11H,4,9,16H2,1-3H3. The summed E-state index contributed by atoms with van der Waals surface area (Å²) in [6.07, 6.45) is 1.73. The maximum absolute atomic E-state index is 6.14. The van der Waals surface area contributed by atoms with Crippen LogP contribution in [0.3, 0.4) is 0 Å². The van der Waals surface area contributed by atoms with Gasteiger partial charge in [0, 0.05) is 18.7 Å². The van der Waals surface area contributed by atoms with Crippen molar-refractivity contribution < 1.29 is 0 Å². The zero-order valence-corrected chi connectivity index (χ0v) is 12.6. The van der Waals surface area contributed by atoms with Crippen LogP contribution in [0, 0.1) is 6.92 Å². The summed E-state index contributed by atoms with van der Waals surface area (Å²) >= 11 is 0. The van der Waals surface area contributed by atoms with E-state index in [1.54, 1.807) is 0 Å². The summed E-state index contributed by atoms with van der Waals surface area (Å²) in [6.45, 7) is 4.11. The highest BCUT2D eigenvalue weighted by molar-refractivity contribution is 5.75. The van der Waals surface area contributed by atoms with Gasteiger partial charge in [-0.1, -0.05) is 24.3 Å². The molecule has 1 atom stereocenters. The summed E-state index contributed by atoms with van der Waals surface area (Å²) in [6, 6.07) is 8.05.